The van der Waals surface area contributed by atoms with E-state index in [1.54, 1.807) is 19.2 Å². The normalized spacial score (nSPS) is 11.5. The van der Waals surface area contributed by atoms with Crippen molar-refractivity contribution in [2.45, 2.75) is 12.6 Å². The predicted octanol–water partition coefficient (Wildman–Crippen LogP) is 4.59. The lowest BCUT2D eigenvalue weighted by atomic mass is 9.99. The first-order chi connectivity index (χ1) is 13.2. The number of ether oxygens (including phenoxy) is 1. The van der Waals surface area contributed by atoms with Crippen LogP contribution in [0.25, 0.3) is 0 Å². The lowest BCUT2D eigenvalue weighted by Crippen LogP contribution is -2.37. The molecule has 138 valence electrons. The highest BCUT2D eigenvalue weighted by molar-refractivity contribution is 7.80. The minimum absolute atomic E-state index is 0.0923. The molecule has 3 aromatic carbocycles. The number of benzene rings is 3. The van der Waals surface area contributed by atoms with Crippen molar-refractivity contribution in [2.24, 2.45) is 0 Å². The minimum Gasteiger partial charge on any atom is -0.497 e. The Morgan fingerprint density at radius 1 is 0.926 bits per heavy atom. The monoisotopic (exact) mass is 380 g/mol. The molecule has 0 heterocycles. The molecule has 3 rings (SSSR count). The van der Waals surface area contributed by atoms with E-state index in [4.69, 9.17) is 17.0 Å². The highest BCUT2D eigenvalue weighted by Crippen LogP contribution is 2.24. The second-order valence-electron chi connectivity index (χ2n) is 6.07. The summed E-state index contributed by atoms with van der Waals surface area (Å²) in [6, 6.07) is 24.3. The first-order valence-electron chi connectivity index (χ1n) is 8.63. The van der Waals surface area contributed by atoms with Gasteiger partial charge in [-0.1, -0.05) is 54.6 Å². The van der Waals surface area contributed by atoms with Crippen molar-refractivity contribution >= 4 is 17.3 Å². The Morgan fingerprint density at radius 2 is 1.56 bits per heavy atom. The van der Waals surface area contributed by atoms with Crippen LogP contribution >= 0.6 is 12.2 Å². The van der Waals surface area contributed by atoms with Crippen LogP contribution in [0.1, 0.15) is 22.7 Å². The van der Waals surface area contributed by atoms with Gasteiger partial charge in [0.05, 0.1) is 13.2 Å². The number of thiocarbonyl (C=S) groups is 1. The van der Waals surface area contributed by atoms with Crippen LogP contribution in [-0.4, -0.2) is 12.2 Å². The van der Waals surface area contributed by atoms with Gasteiger partial charge in [-0.2, -0.15) is 0 Å². The summed E-state index contributed by atoms with van der Waals surface area (Å²) in [4.78, 5) is 0. The summed E-state index contributed by atoms with van der Waals surface area (Å²) >= 11 is 5.48. The zero-order valence-corrected chi connectivity index (χ0v) is 15.8. The molecule has 27 heavy (non-hydrogen) atoms. The molecule has 0 aliphatic carbocycles. The maximum atomic E-state index is 13.0. The van der Waals surface area contributed by atoms with E-state index in [1.807, 2.05) is 42.5 Å². The maximum absolute atomic E-state index is 13.0. The smallest absolute Gasteiger partial charge is 0.167 e. The Kier molecular flexibility index (Phi) is 6.39. The van der Waals surface area contributed by atoms with Crippen molar-refractivity contribution in [1.29, 1.82) is 0 Å². The van der Waals surface area contributed by atoms with E-state index in [9.17, 15) is 4.39 Å². The average Bonchev–Trinajstić information content (AvgIpc) is 2.72. The summed E-state index contributed by atoms with van der Waals surface area (Å²) in [5.41, 5.74) is 3.14. The predicted molar refractivity (Wildman–Crippen MR) is 110 cm³/mol. The molecule has 0 bridgehead atoms. The molecule has 0 amide bonds. The Labute approximate surface area is 164 Å². The van der Waals surface area contributed by atoms with Gasteiger partial charge in [-0.15, -0.1) is 0 Å². The third-order valence-electron chi connectivity index (χ3n) is 4.22. The fourth-order valence-corrected chi connectivity index (χ4v) is 2.96. The quantitative estimate of drug-likeness (QED) is 0.613. The van der Waals surface area contributed by atoms with Crippen molar-refractivity contribution in [1.82, 2.24) is 10.6 Å². The first kappa shape index (κ1) is 18.9. The third kappa shape index (κ3) is 5.28. The summed E-state index contributed by atoms with van der Waals surface area (Å²) in [6.45, 7) is 0.524. The largest absolute Gasteiger partial charge is 0.497 e. The van der Waals surface area contributed by atoms with Crippen LogP contribution in [0, 0.1) is 5.82 Å². The van der Waals surface area contributed by atoms with Gasteiger partial charge >= 0.3 is 0 Å². The van der Waals surface area contributed by atoms with Crippen molar-refractivity contribution in [3.8, 4) is 5.75 Å². The van der Waals surface area contributed by atoms with Crippen LogP contribution in [0.2, 0.25) is 0 Å². The van der Waals surface area contributed by atoms with Crippen LogP contribution in [0.3, 0.4) is 0 Å². The number of hydrogen-bond donors (Lipinski definition) is 2. The summed E-state index contributed by atoms with van der Waals surface area (Å²) < 4.78 is 18.3. The van der Waals surface area contributed by atoms with E-state index in [2.05, 4.69) is 22.8 Å². The molecule has 2 N–H and O–H groups in total. The van der Waals surface area contributed by atoms with Crippen molar-refractivity contribution < 1.29 is 9.13 Å². The lowest BCUT2D eigenvalue weighted by Gasteiger charge is -2.22. The van der Waals surface area contributed by atoms with Crippen LogP contribution < -0.4 is 15.4 Å². The molecule has 0 aromatic heterocycles. The molecule has 3 nitrogen and oxygen atoms in total. The highest BCUT2D eigenvalue weighted by Gasteiger charge is 2.15. The average molecular weight is 380 g/mol. The van der Waals surface area contributed by atoms with Gasteiger partial charge in [-0.25, -0.2) is 4.39 Å². The van der Waals surface area contributed by atoms with E-state index >= 15 is 0 Å². The molecule has 0 saturated carbocycles. The van der Waals surface area contributed by atoms with Crippen LogP contribution in [0.4, 0.5) is 4.39 Å². The van der Waals surface area contributed by atoms with Crippen LogP contribution in [-0.2, 0) is 6.54 Å². The molecular formula is C22H21FN2OS. The van der Waals surface area contributed by atoms with Gasteiger partial charge < -0.3 is 15.4 Å². The minimum atomic E-state index is -0.247. The Morgan fingerprint density at radius 3 is 2.19 bits per heavy atom. The van der Waals surface area contributed by atoms with Gasteiger partial charge in [0.2, 0.25) is 0 Å². The fourth-order valence-electron chi connectivity index (χ4n) is 2.77. The number of nitrogens with one attached hydrogen (secondary N) is 2. The van der Waals surface area contributed by atoms with Gasteiger partial charge in [0, 0.05) is 6.54 Å². The van der Waals surface area contributed by atoms with Crippen LogP contribution in [0.15, 0.2) is 78.9 Å². The molecule has 1 atom stereocenters. The van der Waals surface area contributed by atoms with E-state index in [1.165, 1.54) is 12.1 Å². The summed E-state index contributed by atoms with van der Waals surface area (Å²) in [7, 11) is 1.65. The Bertz CT molecular complexity index is 867. The molecule has 0 unspecified atom stereocenters. The Balaban J connectivity index is 1.72. The van der Waals surface area contributed by atoms with Crippen molar-refractivity contribution in [3.05, 3.63) is 101 Å². The number of halogens is 1. The standard InChI is InChI=1S/C22H21FN2OS/c1-26-20-13-9-18(10-14-20)21(17-5-3-2-4-6-17)25-22(27)24-15-16-7-11-19(23)12-8-16/h2-14,21H,15H2,1H3,(H2,24,25,27)/t21-/m0/s1. The van der Waals surface area contributed by atoms with E-state index < -0.39 is 0 Å². The summed E-state index contributed by atoms with van der Waals surface area (Å²) in [5.74, 6) is 0.561. The van der Waals surface area contributed by atoms with E-state index in [0.29, 0.717) is 11.7 Å². The molecule has 0 aliphatic heterocycles. The van der Waals surface area contributed by atoms with Gasteiger partial charge in [0.1, 0.15) is 11.6 Å². The molecule has 0 fully saturated rings. The number of hydrogen-bond acceptors (Lipinski definition) is 2. The molecule has 3 aromatic rings. The maximum Gasteiger partial charge on any atom is 0.167 e. The first-order valence-corrected chi connectivity index (χ1v) is 9.04. The topological polar surface area (TPSA) is 33.3 Å². The van der Waals surface area contributed by atoms with Gasteiger partial charge in [0.25, 0.3) is 0 Å². The molecule has 0 aliphatic rings. The second kappa shape index (κ2) is 9.14. The van der Waals surface area contributed by atoms with E-state index in [0.717, 1.165) is 22.4 Å². The fraction of sp³-hybridized carbons (Fsp3) is 0.136. The zero-order valence-electron chi connectivity index (χ0n) is 15.0. The number of rotatable bonds is 6. The third-order valence-corrected chi connectivity index (χ3v) is 4.49. The summed E-state index contributed by atoms with van der Waals surface area (Å²) in [5, 5.41) is 7.09. The highest BCUT2D eigenvalue weighted by atomic mass is 32.1. The van der Waals surface area contributed by atoms with Crippen molar-refractivity contribution in [2.75, 3.05) is 7.11 Å². The molecule has 0 radical (unpaired) electrons. The lowest BCUT2D eigenvalue weighted by molar-refractivity contribution is 0.414. The molecular weight excluding hydrogens is 359 g/mol. The van der Waals surface area contributed by atoms with Crippen LogP contribution in [0.5, 0.6) is 5.75 Å². The molecule has 0 spiro atoms. The van der Waals surface area contributed by atoms with E-state index in [-0.39, 0.29) is 11.9 Å². The molecule has 5 heteroatoms. The summed E-state index contributed by atoms with van der Waals surface area (Å²) in [6.07, 6.45) is 0. The van der Waals surface area contributed by atoms with Crippen molar-refractivity contribution in [3.63, 3.8) is 0 Å². The SMILES string of the molecule is COc1ccc([C@@H](NC(=S)NCc2ccc(F)cc2)c2ccccc2)cc1. The van der Waals surface area contributed by atoms with Gasteiger partial charge in [0.15, 0.2) is 5.11 Å². The van der Waals surface area contributed by atoms with Gasteiger partial charge in [-0.3, -0.25) is 0 Å². The Hall–Kier alpha value is -2.92. The molecule has 0 saturated heterocycles. The second-order valence-corrected chi connectivity index (χ2v) is 6.48. The number of methoxy groups -OCH3 is 1. The van der Waals surface area contributed by atoms with Gasteiger partial charge in [-0.05, 0) is 53.2 Å². The zero-order chi connectivity index (χ0) is 19.1.